The van der Waals surface area contributed by atoms with Crippen molar-refractivity contribution in [2.24, 2.45) is 0 Å². The van der Waals surface area contributed by atoms with E-state index in [4.69, 9.17) is 4.42 Å². The highest BCUT2D eigenvalue weighted by molar-refractivity contribution is 8.00. The summed E-state index contributed by atoms with van der Waals surface area (Å²) in [7, 11) is -3.49. The van der Waals surface area contributed by atoms with Gasteiger partial charge in [-0.1, -0.05) is 12.1 Å². The van der Waals surface area contributed by atoms with Gasteiger partial charge in [0.15, 0.2) is 0 Å². The van der Waals surface area contributed by atoms with Gasteiger partial charge in [0.2, 0.25) is 15.9 Å². The first-order valence-corrected chi connectivity index (χ1v) is 13.9. The van der Waals surface area contributed by atoms with Gasteiger partial charge in [-0.2, -0.15) is 4.31 Å². The van der Waals surface area contributed by atoms with Crippen molar-refractivity contribution < 1.29 is 22.4 Å². The Morgan fingerprint density at radius 2 is 1.74 bits per heavy atom. The van der Waals surface area contributed by atoms with Crippen LogP contribution in [0.2, 0.25) is 0 Å². The van der Waals surface area contributed by atoms with Crippen molar-refractivity contribution in [3.8, 4) is 0 Å². The van der Waals surface area contributed by atoms with Crippen LogP contribution >= 0.6 is 11.8 Å². The molecular formula is C25H25N3O5S2. The van der Waals surface area contributed by atoms with Gasteiger partial charge in [0, 0.05) is 24.3 Å². The van der Waals surface area contributed by atoms with Crippen molar-refractivity contribution >= 4 is 39.3 Å². The Morgan fingerprint density at radius 1 is 1.03 bits per heavy atom. The number of nitrogens with zero attached hydrogens (tertiary/aromatic N) is 2. The lowest BCUT2D eigenvalue weighted by Crippen LogP contribution is -2.27. The van der Waals surface area contributed by atoms with Crippen LogP contribution in [0.5, 0.6) is 0 Å². The number of amides is 2. The first-order valence-electron chi connectivity index (χ1n) is 11.4. The number of carbonyl (C=O) groups is 2. The smallest absolute Gasteiger partial charge is 0.255 e. The molecule has 0 unspecified atom stereocenters. The monoisotopic (exact) mass is 511 g/mol. The summed E-state index contributed by atoms with van der Waals surface area (Å²) in [5, 5.41) is 2.67. The van der Waals surface area contributed by atoms with E-state index in [1.54, 1.807) is 53.3 Å². The molecule has 182 valence electrons. The van der Waals surface area contributed by atoms with E-state index in [1.165, 1.54) is 16.4 Å². The highest BCUT2D eigenvalue weighted by atomic mass is 32.2. The number of sulfonamides is 1. The molecule has 1 atom stereocenters. The van der Waals surface area contributed by atoms with Crippen molar-refractivity contribution in [1.82, 2.24) is 9.21 Å². The quantitative estimate of drug-likeness (QED) is 0.513. The predicted molar refractivity (Wildman–Crippen MR) is 133 cm³/mol. The standard InChI is InChI=1S/C25H25N3O5S2/c29-23-17-34-25(28(23)16-21-4-3-15-33-21)19-7-5-18(6-8-19)24(30)26-20-9-11-22(12-10-20)35(31,32)27-13-1-2-14-27/h3-12,15,25H,1-2,13-14,16-17H2,(H,26,30)/t25-/m1/s1. The fraction of sp³-hybridized carbons (Fsp3) is 0.280. The van der Waals surface area contributed by atoms with E-state index < -0.39 is 10.0 Å². The molecule has 2 saturated heterocycles. The van der Waals surface area contributed by atoms with Gasteiger partial charge in [0.25, 0.3) is 5.91 Å². The maximum atomic E-state index is 12.7. The van der Waals surface area contributed by atoms with Crippen LogP contribution in [-0.4, -0.2) is 48.3 Å². The maximum Gasteiger partial charge on any atom is 0.255 e. The molecule has 2 fully saturated rings. The molecule has 2 amide bonds. The average molecular weight is 512 g/mol. The number of thioether (sulfide) groups is 1. The average Bonchev–Trinajstić information content (AvgIpc) is 3.64. The molecule has 8 nitrogen and oxygen atoms in total. The summed E-state index contributed by atoms with van der Waals surface area (Å²) in [4.78, 5) is 27.1. The van der Waals surface area contributed by atoms with Gasteiger partial charge in [0.1, 0.15) is 11.1 Å². The summed E-state index contributed by atoms with van der Waals surface area (Å²) in [6.07, 6.45) is 3.35. The van der Waals surface area contributed by atoms with Crippen LogP contribution in [0.3, 0.4) is 0 Å². The topological polar surface area (TPSA) is 99.9 Å². The molecule has 10 heteroatoms. The van der Waals surface area contributed by atoms with Crippen molar-refractivity contribution in [2.75, 3.05) is 24.2 Å². The fourth-order valence-electron chi connectivity index (χ4n) is 4.26. The van der Waals surface area contributed by atoms with Crippen LogP contribution in [0.15, 0.2) is 76.2 Å². The summed E-state index contributed by atoms with van der Waals surface area (Å²) >= 11 is 1.54. The van der Waals surface area contributed by atoms with E-state index in [0.29, 0.717) is 36.6 Å². The number of rotatable bonds is 7. The molecule has 2 aliphatic rings. The van der Waals surface area contributed by atoms with Gasteiger partial charge >= 0.3 is 0 Å². The fourth-order valence-corrected chi connectivity index (χ4v) is 6.97. The molecule has 0 aliphatic carbocycles. The predicted octanol–water partition coefficient (Wildman–Crippen LogP) is 4.09. The van der Waals surface area contributed by atoms with E-state index in [-0.39, 0.29) is 22.1 Å². The summed E-state index contributed by atoms with van der Waals surface area (Å²) in [5.74, 6) is 0.876. The molecule has 35 heavy (non-hydrogen) atoms. The number of hydrogen-bond acceptors (Lipinski definition) is 6. The molecule has 2 aromatic carbocycles. The molecule has 3 heterocycles. The molecule has 0 radical (unpaired) electrons. The van der Waals surface area contributed by atoms with Crippen LogP contribution in [0.4, 0.5) is 5.69 Å². The summed E-state index contributed by atoms with van der Waals surface area (Å²) in [5.41, 5.74) is 1.91. The summed E-state index contributed by atoms with van der Waals surface area (Å²) < 4.78 is 32.2. The second-order valence-corrected chi connectivity index (χ2v) is 11.5. The number of furan rings is 1. The van der Waals surface area contributed by atoms with E-state index in [9.17, 15) is 18.0 Å². The number of anilines is 1. The number of benzene rings is 2. The Bertz CT molecular complexity index is 1300. The van der Waals surface area contributed by atoms with Crippen molar-refractivity contribution in [3.63, 3.8) is 0 Å². The lowest BCUT2D eigenvalue weighted by Gasteiger charge is -2.23. The molecular weight excluding hydrogens is 486 g/mol. The van der Waals surface area contributed by atoms with Gasteiger partial charge in [-0.3, -0.25) is 9.59 Å². The molecule has 0 spiro atoms. The zero-order chi connectivity index (χ0) is 24.4. The first-order chi connectivity index (χ1) is 16.9. The summed E-state index contributed by atoms with van der Waals surface area (Å²) in [6, 6.07) is 17.0. The van der Waals surface area contributed by atoms with Crippen molar-refractivity contribution in [1.29, 1.82) is 0 Å². The molecule has 0 saturated carbocycles. The Labute approximate surface area is 208 Å². The minimum Gasteiger partial charge on any atom is -0.467 e. The van der Waals surface area contributed by atoms with E-state index >= 15 is 0 Å². The third kappa shape index (κ3) is 5.00. The van der Waals surface area contributed by atoms with Gasteiger partial charge in [-0.05, 0) is 66.9 Å². The highest BCUT2D eigenvalue weighted by Gasteiger charge is 2.33. The molecule has 3 aromatic rings. The van der Waals surface area contributed by atoms with Gasteiger partial charge in [-0.15, -0.1) is 11.8 Å². The zero-order valence-electron chi connectivity index (χ0n) is 18.9. The number of hydrogen-bond donors (Lipinski definition) is 1. The van der Waals surface area contributed by atoms with Crippen LogP contribution in [0, 0.1) is 0 Å². The molecule has 1 N–H and O–H groups in total. The van der Waals surface area contributed by atoms with Gasteiger partial charge in [0.05, 0.1) is 23.5 Å². The second kappa shape index (κ2) is 9.88. The largest absolute Gasteiger partial charge is 0.467 e. The first kappa shape index (κ1) is 23.7. The minimum absolute atomic E-state index is 0.0495. The molecule has 1 aromatic heterocycles. The Kier molecular flexibility index (Phi) is 6.68. The Morgan fingerprint density at radius 3 is 2.40 bits per heavy atom. The molecule has 5 rings (SSSR count). The van der Waals surface area contributed by atoms with E-state index in [2.05, 4.69) is 5.32 Å². The Hall–Kier alpha value is -3.08. The summed E-state index contributed by atoms with van der Waals surface area (Å²) in [6.45, 7) is 1.49. The van der Waals surface area contributed by atoms with E-state index in [1.807, 2.05) is 18.2 Å². The third-order valence-corrected chi connectivity index (χ3v) is 9.32. The van der Waals surface area contributed by atoms with E-state index in [0.717, 1.165) is 24.2 Å². The van der Waals surface area contributed by atoms with Crippen LogP contribution in [-0.2, 0) is 21.4 Å². The van der Waals surface area contributed by atoms with Gasteiger partial charge < -0.3 is 14.6 Å². The third-order valence-electron chi connectivity index (χ3n) is 6.15. The molecule has 2 aliphatic heterocycles. The minimum atomic E-state index is -3.49. The van der Waals surface area contributed by atoms with Crippen LogP contribution < -0.4 is 5.32 Å². The SMILES string of the molecule is O=C(Nc1ccc(S(=O)(=O)N2CCCC2)cc1)c1ccc([C@H]2SCC(=O)N2Cc2ccco2)cc1. The molecule has 0 bridgehead atoms. The van der Waals surface area contributed by atoms with Crippen LogP contribution in [0.1, 0.15) is 39.9 Å². The maximum absolute atomic E-state index is 12.7. The Balaban J connectivity index is 1.24. The normalized spacial score (nSPS) is 18.8. The zero-order valence-corrected chi connectivity index (χ0v) is 20.6. The van der Waals surface area contributed by atoms with Gasteiger partial charge in [-0.25, -0.2) is 8.42 Å². The lowest BCUT2D eigenvalue weighted by atomic mass is 10.1. The van der Waals surface area contributed by atoms with Crippen molar-refractivity contribution in [3.05, 3.63) is 83.8 Å². The number of carbonyl (C=O) groups excluding carboxylic acids is 2. The van der Waals surface area contributed by atoms with Crippen LogP contribution in [0.25, 0.3) is 0 Å². The lowest BCUT2D eigenvalue weighted by molar-refractivity contribution is -0.128. The number of nitrogens with one attached hydrogen (secondary N) is 1. The second-order valence-electron chi connectivity index (χ2n) is 8.48. The highest BCUT2D eigenvalue weighted by Crippen LogP contribution is 2.39. The van der Waals surface area contributed by atoms with Crippen molar-refractivity contribution in [2.45, 2.75) is 29.7 Å².